The van der Waals surface area contributed by atoms with Crippen molar-refractivity contribution in [2.45, 2.75) is 38.2 Å². The van der Waals surface area contributed by atoms with Gasteiger partial charge in [-0.1, -0.05) is 0 Å². The summed E-state index contributed by atoms with van der Waals surface area (Å²) >= 11 is 4.01. The first-order valence-electron chi connectivity index (χ1n) is 4.13. The van der Waals surface area contributed by atoms with Crippen molar-refractivity contribution in [1.82, 2.24) is 0 Å². The molecule has 0 aromatic heterocycles. The van der Waals surface area contributed by atoms with Crippen molar-refractivity contribution in [3.63, 3.8) is 0 Å². The monoisotopic (exact) mass is 174 g/mol. The van der Waals surface area contributed by atoms with Gasteiger partial charge in [0.2, 0.25) is 0 Å². The highest BCUT2D eigenvalue weighted by molar-refractivity contribution is 7.80. The minimum atomic E-state index is -0.0521. The van der Waals surface area contributed by atoms with E-state index in [-0.39, 0.29) is 12.1 Å². The number of rotatable bonds is 4. The zero-order valence-electron chi connectivity index (χ0n) is 6.58. The highest BCUT2D eigenvalue weighted by atomic mass is 32.1. The molecule has 0 aromatic rings. The van der Waals surface area contributed by atoms with E-state index in [4.69, 9.17) is 4.74 Å². The molecule has 0 atom stereocenters. The smallest absolute Gasteiger partial charge is 0.306 e. The molecule has 0 saturated heterocycles. The zero-order chi connectivity index (χ0) is 8.10. The third kappa shape index (κ3) is 3.14. The lowest BCUT2D eigenvalue weighted by molar-refractivity contribution is -0.152. The summed E-state index contributed by atoms with van der Waals surface area (Å²) in [6.45, 7) is 0. The van der Waals surface area contributed by atoms with Crippen molar-refractivity contribution in [1.29, 1.82) is 0 Å². The number of carbonyl (C=O) groups is 1. The first-order chi connectivity index (χ1) is 5.33. The van der Waals surface area contributed by atoms with Gasteiger partial charge in [-0.2, -0.15) is 12.6 Å². The van der Waals surface area contributed by atoms with Crippen LogP contribution in [0.1, 0.15) is 32.1 Å². The summed E-state index contributed by atoms with van der Waals surface area (Å²) in [5.41, 5.74) is 0. The van der Waals surface area contributed by atoms with Crippen LogP contribution in [0.25, 0.3) is 0 Å². The quantitative estimate of drug-likeness (QED) is 0.519. The summed E-state index contributed by atoms with van der Waals surface area (Å²) in [4.78, 5) is 10.9. The summed E-state index contributed by atoms with van der Waals surface area (Å²) in [7, 11) is 0. The third-order valence-corrected chi connectivity index (χ3v) is 2.21. The van der Waals surface area contributed by atoms with Crippen LogP contribution in [0.3, 0.4) is 0 Å². The van der Waals surface area contributed by atoms with E-state index in [0.717, 1.165) is 25.0 Å². The lowest BCUT2D eigenvalue weighted by Gasteiger charge is -2.24. The SMILES string of the molecule is O=C(CCCS)OC1CCC1. The lowest BCUT2D eigenvalue weighted by atomic mass is 9.96. The molecule has 1 saturated carbocycles. The molecule has 2 nitrogen and oxygen atoms in total. The van der Waals surface area contributed by atoms with Gasteiger partial charge in [0.05, 0.1) is 0 Å². The number of hydrogen-bond donors (Lipinski definition) is 1. The fraction of sp³-hybridized carbons (Fsp3) is 0.875. The van der Waals surface area contributed by atoms with Crippen LogP contribution < -0.4 is 0 Å². The van der Waals surface area contributed by atoms with E-state index in [1.807, 2.05) is 0 Å². The Hall–Kier alpha value is -0.180. The first-order valence-corrected chi connectivity index (χ1v) is 4.76. The summed E-state index contributed by atoms with van der Waals surface area (Å²) in [6, 6.07) is 0. The van der Waals surface area contributed by atoms with Crippen LogP contribution >= 0.6 is 12.6 Å². The van der Waals surface area contributed by atoms with Crippen molar-refractivity contribution >= 4 is 18.6 Å². The van der Waals surface area contributed by atoms with Gasteiger partial charge in [-0.3, -0.25) is 4.79 Å². The molecule has 0 aliphatic heterocycles. The highest BCUT2D eigenvalue weighted by Gasteiger charge is 2.20. The van der Waals surface area contributed by atoms with Crippen molar-refractivity contribution in [2.24, 2.45) is 0 Å². The van der Waals surface area contributed by atoms with E-state index in [0.29, 0.717) is 6.42 Å². The molecule has 1 aliphatic rings. The molecule has 64 valence electrons. The summed E-state index contributed by atoms with van der Waals surface area (Å²) < 4.78 is 5.12. The van der Waals surface area contributed by atoms with E-state index in [2.05, 4.69) is 12.6 Å². The standard InChI is InChI=1S/C8H14O2S/c9-8(5-2-6-11)10-7-3-1-4-7/h7,11H,1-6H2. The van der Waals surface area contributed by atoms with Crippen LogP contribution in [0.2, 0.25) is 0 Å². The van der Waals surface area contributed by atoms with Crippen LogP contribution in [-0.4, -0.2) is 17.8 Å². The first kappa shape index (κ1) is 8.91. The Balaban J connectivity index is 2.00. The van der Waals surface area contributed by atoms with Gasteiger partial charge in [-0.15, -0.1) is 0 Å². The molecule has 0 unspecified atom stereocenters. The second kappa shape index (κ2) is 4.65. The molecular formula is C8H14O2S. The van der Waals surface area contributed by atoms with Gasteiger partial charge in [0.15, 0.2) is 0 Å². The zero-order valence-corrected chi connectivity index (χ0v) is 7.48. The summed E-state index contributed by atoms with van der Waals surface area (Å²) in [5, 5.41) is 0. The molecule has 0 heterocycles. The van der Waals surface area contributed by atoms with Gasteiger partial charge >= 0.3 is 5.97 Å². The van der Waals surface area contributed by atoms with Gasteiger partial charge in [0.1, 0.15) is 6.10 Å². The average Bonchev–Trinajstić information content (AvgIpc) is 1.93. The van der Waals surface area contributed by atoms with Gasteiger partial charge in [0.25, 0.3) is 0 Å². The maximum Gasteiger partial charge on any atom is 0.306 e. The van der Waals surface area contributed by atoms with Crippen molar-refractivity contribution in [3.05, 3.63) is 0 Å². The number of thiol groups is 1. The Kier molecular flexibility index (Phi) is 3.77. The van der Waals surface area contributed by atoms with Crippen molar-refractivity contribution in [3.8, 4) is 0 Å². The number of hydrogen-bond acceptors (Lipinski definition) is 3. The molecule has 0 bridgehead atoms. The lowest BCUT2D eigenvalue weighted by Crippen LogP contribution is -2.24. The van der Waals surface area contributed by atoms with E-state index >= 15 is 0 Å². The molecule has 1 aliphatic carbocycles. The van der Waals surface area contributed by atoms with Gasteiger partial charge < -0.3 is 4.74 Å². The summed E-state index contributed by atoms with van der Waals surface area (Å²) in [5.74, 6) is 0.712. The average molecular weight is 174 g/mol. The summed E-state index contributed by atoms with van der Waals surface area (Å²) in [6.07, 6.45) is 4.93. The second-order valence-corrected chi connectivity index (χ2v) is 3.32. The molecule has 1 rings (SSSR count). The Morgan fingerprint density at radius 3 is 2.73 bits per heavy atom. The Labute approximate surface area is 72.7 Å². The van der Waals surface area contributed by atoms with Crippen LogP contribution in [0.4, 0.5) is 0 Å². The third-order valence-electron chi connectivity index (χ3n) is 1.89. The molecule has 0 amide bonds. The molecule has 11 heavy (non-hydrogen) atoms. The molecule has 0 N–H and O–H groups in total. The maximum atomic E-state index is 10.9. The molecular weight excluding hydrogens is 160 g/mol. The van der Waals surface area contributed by atoms with Crippen molar-refractivity contribution in [2.75, 3.05) is 5.75 Å². The van der Waals surface area contributed by atoms with Crippen LogP contribution in [0.15, 0.2) is 0 Å². The van der Waals surface area contributed by atoms with Gasteiger partial charge in [-0.05, 0) is 31.4 Å². The molecule has 3 heteroatoms. The largest absolute Gasteiger partial charge is 0.462 e. The van der Waals surface area contributed by atoms with Crippen LogP contribution in [-0.2, 0) is 9.53 Å². The predicted molar refractivity (Wildman–Crippen MR) is 46.8 cm³/mol. The minimum Gasteiger partial charge on any atom is -0.462 e. The Morgan fingerprint density at radius 1 is 1.55 bits per heavy atom. The second-order valence-electron chi connectivity index (χ2n) is 2.87. The fourth-order valence-corrected chi connectivity index (χ4v) is 1.11. The van der Waals surface area contributed by atoms with E-state index in [1.54, 1.807) is 0 Å². The molecule has 0 aromatic carbocycles. The maximum absolute atomic E-state index is 10.9. The Bertz CT molecular complexity index is 132. The number of ether oxygens (including phenoxy) is 1. The molecule has 1 fully saturated rings. The molecule has 0 radical (unpaired) electrons. The minimum absolute atomic E-state index is 0.0521. The number of carbonyl (C=O) groups excluding carboxylic acids is 1. The Morgan fingerprint density at radius 2 is 2.27 bits per heavy atom. The van der Waals surface area contributed by atoms with Crippen molar-refractivity contribution < 1.29 is 9.53 Å². The fourth-order valence-electron chi connectivity index (χ4n) is 0.957. The van der Waals surface area contributed by atoms with Crippen LogP contribution in [0, 0.1) is 0 Å². The topological polar surface area (TPSA) is 26.3 Å². The van der Waals surface area contributed by atoms with Gasteiger partial charge in [0, 0.05) is 6.42 Å². The normalized spacial score (nSPS) is 17.5. The van der Waals surface area contributed by atoms with Crippen LogP contribution in [0.5, 0.6) is 0 Å². The predicted octanol–water partition coefficient (Wildman–Crippen LogP) is 1.79. The van der Waals surface area contributed by atoms with E-state index in [9.17, 15) is 4.79 Å². The van der Waals surface area contributed by atoms with E-state index in [1.165, 1.54) is 6.42 Å². The number of esters is 1. The highest BCUT2D eigenvalue weighted by Crippen LogP contribution is 2.22. The van der Waals surface area contributed by atoms with E-state index < -0.39 is 0 Å². The molecule has 0 spiro atoms. The van der Waals surface area contributed by atoms with Gasteiger partial charge in [-0.25, -0.2) is 0 Å².